The fourth-order valence-corrected chi connectivity index (χ4v) is 2.24. The number of hydrogen-bond donors (Lipinski definition) is 2. The standard InChI is InChI=1S/C13H9BrCl2N2O/c14-12-8(2-1-3-11(12)17)13(19)18-7-4-5-9(15)10(16)6-7/h1-6H,17H2,(H,18,19). The Morgan fingerprint density at radius 3 is 2.58 bits per heavy atom. The zero-order chi connectivity index (χ0) is 14.0. The summed E-state index contributed by atoms with van der Waals surface area (Å²) in [7, 11) is 0. The second kappa shape index (κ2) is 5.82. The van der Waals surface area contributed by atoms with Gasteiger partial charge in [0.1, 0.15) is 0 Å². The fourth-order valence-electron chi connectivity index (χ4n) is 1.50. The molecule has 0 aromatic heterocycles. The van der Waals surface area contributed by atoms with Gasteiger partial charge in [-0.1, -0.05) is 29.3 Å². The minimum Gasteiger partial charge on any atom is -0.398 e. The molecule has 98 valence electrons. The Morgan fingerprint density at radius 2 is 1.89 bits per heavy atom. The van der Waals surface area contributed by atoms with Gasteiger partial charge in [-0.05, 0) is 46.3 Å². The predicted molar refractivity (Wildman–Crippen MR) is 83.0 cm³/mol. The number of benzene rings is 2. The number of nitrogen functional groups attached to an aromatic ring is 1. The molecule has 0 aliphatic heterocycles. The Labute approximate surface area is 128 Å². The van der Waals surface area contributed by atoms with Crippen LogP contribution in [0.1, 0.15) is 10.4 Å². The van der Waals surface area contributed by atoms with Crippen LogP contribution in [0.3, 0.4) is 0 Å². The third-order valence-electron chi connectivity index (χ3n) is 2.45. The SMILES string of the molecule is Nc1cccc(C(=O)Nc2ccc(Cl)c(Cl)c2)c1Br. The van der Waals surface area contributed by atoms with Crippen LogP contribution in [0.25, 0.3) is 0 Å². The number of carbonyl (C=O) groups excluding carboxylic acids is 1. The highest BCUT2D eigenvalue weighted by atomic mass is 79.9. The van der Waals surface area contributed by atoms with Gasteiger partial charge in [-0.25, -0.2) is 0 Å². The van der Waals surface area contributed by atoms with E-state index in [0.717, 1.165) is 0 Å². The van der Waals surface area contributed by atoms with Gasteiger partial charge in [0, 0.05) is 11.4 Å². The molecule has 0 unspecified atom stereocenters. The van der Waals surface area contributed by atoms with Crippen molar-refractivity contribution in [3.8, 4) is 0 Å². The molecule has 0 bridgehead atoms. The van der Waals surface area contributed by atoms with E-state index >= 15 is 0 Å². The number of carbonyl (C=O) groups is 1. The van der Waals surface area contributed by atoms with Crippen LogP contribution in [0.4, 0.5) is 11.4 Å². The van der Waals surface area contributed by atoms with Crippen molar-refractivity contribution in [3.63, 3.8) is 0 Å². The van der Waals surface area contributed by atoms with Gasteiger partial charge < -0.3 is 11.1 Å². The van der Waals surface area contributed by atoms with Gasteiger partial charge >= 0.3 is 0 Å². The minimum atomic E-state index is -0.280. The van der Waals surface area contributed by atoms with Crippen molar-refractivity contribution >= 4 is 56.4 Å². The summed E-state index contributed by atoms with van der Waals surface area (Å²) in [5, 5.41) is 3.54. The highest BCUT2D eigenvalue weighted by Gasteiger charge is 2.12. The van der Waals surface area contributed by atoms with Crippen LogP contribution >= 0.6 is 39.1 Å². The zero-order valence-electron chi connectivity index (χ0n) is 9.58. The maximum absolute atomic E-state index is 12.1. The maximum atomic E-state index is 12.1. The molecule has 0 aliphatic rings. The first-order valence-electron chi connectivity index (χ1n) is 5.29. The summed E-state index contributed by atoms with van der Waals surface area (Å²) in [4.78, 5) is 12.1. The van der Waals surface area contributed by atoms with Crippen molar-refractivity contribution in [2.75, 3.05) is 11.1 Å². The molecule has 0 saturated carbocycles. The van der Waals surface area contributed by atoms with Crippen molar-refractivity contribution in [1.29, 1.82) is 0 Å². The van der Waals surface area contributed by atoms with Gasteiger partial charge in [0.2, 0.25) is 0 Å². The molecule has 0 heterocycles. The van der Waals surface area contributed by atoms with Crippen molar-refractivity contribution < 1.29 is 4.79 Å². The Bertz CT molecular complexity index is 647. The normalized spacial score (nSPS) is 10.3. The number of nitrogens with two attached hydrogens (primary N) is 1. The molecule has 6 heteroatoms. The summed E-state index contributed by atoms with van der Waals surface area (Å²) >= 11 is 15.0. The van der Waals surface area contributed by atoms with Crippen LogP contribution < -0.4 is 11.1 Å². The molecule has 2 rings (SSSR count). The first kappa shape index (κ1) is 14.2. The van der Waals surface area contributed by atoms with Crippen LogP contribution in [0.15, 0.2) is 40.9 Å². The van der Waals surface area contributed by atoms with E-state index in [0.29, 0.717) is 31.5 Å². The first-order valence-corrected chi connectivity index (χ1v) is 6.84. The third-order valence-corrected chi connectivity index (χ3v) is 4.07. The predicted octanol–water partition coefficient (Wildman–Crippen LogP) is 4.59. The first-order chi connectivity index (χ1) is 8.99. The Balaban J connectivity index is 2.26. The quantitative estimate of drug-likeness (QED) is 0.770. The largest absolute Gasteiger partial charge is 0.398 e. The maximum Gasteiger partial charge on any atom is 0.256 e. The molecular weight excluding hydrogens is 351 g/mol. The molecule has 2 aromatic rings. The van der Waals surface area contributed by atoms with E-state index < -0.39 is 0 Å². The summed E-state index contributed by atoms with van der Waals surface area (Å²) in [5.41, 5.74) is 7.25. The minimum absolute atomic E-state index is 0.280. The summed E-state index contributed by atoms with van der Waals surface area (Å²) in [6.45, 7) is 0. The van der Waals surface area contributed by atoms with E-state index in [2.05, 4.69) is 21.2 Å². The second-order valence-corrected chi connectivity index (χ2v) is 5.40. The number of nitrogens with one attached hydrogen (secondary N) is 1. The lowest BCUT2D eigenvalue weighted by molar-refractivity contribution is 0.102. The molecule has 0 atom stereocenters. The van der Waals surface area contributed by atoms with E-state index in [9.17, 15) is 4.79 Å². The number of amides is 1. The van der Waals surface area contributed by atoms with Gasteiger partial charge in [0.25, 0.3) is 5.91 Å². The summed E-state index contributed by atoms with van der Waals surface area (Å²) in [6, 6.07) is 9.97. The van der Waals surface area contributed by atoms with Crippen molar-refractivity contribution in [1.82, 2.24) is 0 Å². The Hall–Kier alpha value is -1.23. The smallest absolute Gasteiger partial charge is 0.256 e. The molecule has 0 fully saturated rings. The van der Waals surface area contributed by atoms with E-state index in [4.69, 9.17) is 28.9 Å². The molecular formula is C13H9BrCl2N2O. The van der Waals surface area contributed by atoms with Gasteiger partial charge in [-0.3, -0.25) is 4.79 Å². The van der Waals surface area contributed by atoms with Crippen LogP contribution in [0.2, 0.25) is 10.0 Å². The van der Waals surface area contributed by atoms with Crippen LogP contribution in [-0.2, 0) is 0 Å². The lowest BCUT2D eigenvalue weighted by Gasteiger charge is -2.09. The third kappa shape index (κ3) is 3.21. The van der Waals surface area contributed by atoms with E-state index in [1.165, 1.54) is 0 Å². The molecule has 2 aromatic carbocycles. The van der Waals surface area contributed by atoms with Crippen LogP contribution in [0.5, 0.6) is 0 Å². The van der Waals surface area contributed by atoms with E-state index in [1.54, 1.807) is 36.4 Å². The molecule has 0 aliphatic carbocycles. The van der Waals surface area contributed by atoms with Crippen molar-refractivity contribution in [2.24, 2.45) is 0 Å². The van der Waals surface area contributed by atoms with Crippen LogP contribution in [-0.4, -0.2) is 5.91 Å². The van der Waals surface area contributed by atoms with Gasteiger partial charge in [-0.15, -0.1) is 0 Å². The van der Waals surface area contributed by atoms with E-state index in [-0.39, 0.29) is 5.91 Å². The Morgan fingerprint density at radius 1 is 1.16 bits per heavy atom. The van der Waals surface area contributed by atoms with Gasteiger partial charge in [-0.2, -0.15) is 0 Å². The molecule has 0 saturated heterocycles. The average molecular weight is 360 g/mol. The zero-order valence-corrected chi connectivity index (χ0v) is 12.7. The average Bonchev–Trinajstić information content (AvgIpc) is 2.37. The lowest BCUT2D eigenvalue weighted by Crippen LogP contribution is -2.13. The fraction of sp³-hybridized carbons (Fsp3) is 0. The monoisotopic (exact) mass is 358 g/mol. The van der Waals surface area contributed by atoms with Gasteiger partial charge in [0.15, 0.2) is 0 Å². The summed E-state index contributed by atoms with van der Waals surface area (Å²) in [5.74, 6) is -0.280. The topological polar surface area (TPSA) is 55.1 Å². The van der Waals surface area contributed by atoms with Crippen molar-refractivity contribution in [2.45, 2.75) is 0 Å². The number of halogens is 3. The Kier molecular flexibility index (Phi) is 4.34. The molecule has 0 radical (unpaired) electrons. The molecule has 19 heavy (non-hydrogen) atoms. The molecule has 3 nitrogen and oxygen atoms in total. The number of anilines is 2. The summed E-state index contributed by atoms with van der Waals surface area (Å²) in [6.07, 6.45) is 0. The summed E-state index contributed by atoms with van der Waals surface area (Å²) < 4.78 is 0.563. The molecule has 1 amide bonds. The second-order valence-electron chi connectivity index (χ2n) is 3.79. The molecule has 0 spiro atoms. The number of hydrogen-bond acceptors (Lipinski definition) is 2. The number of rotatable bonds is 2. The van der Waals surface area contributed by atoms with Crippen molar-refractivity contribution in [3.05, 3.63) is 56.5 Å². The van der Waals surface area contributed by atoms with Crippen LogP contribution in [0, 0.1) is 0 Å². The highest BCUT2D eigenvalue weighted by molar-refractivity contribution is 9.10. The lowest BCUT2D eigenvalue weighted by atomic mass is 10.2. The highest BCUT2D eigenvalue weighted by Crippen LogP contribution is 2.27. The van der Waals surface area contributed by atoms with Gasteiger partial charge in [0.05, 0.1) is 20.1 Å². The molecule has 3 N–H and O–H groups in total. The van der Waals surface area contributed by atoms with E-state index in [1.807, 2.05) is 0 Å².